The molecule has 1 aromatic carbocycles. The van der Waals surface area contributed by atoms with Crippen LogP contribution in [0.25, 0.3) is 5.69 Å². The number of carboxylic acids is 1. The summed E-state index contributed by atoms with van der Waals surface area (Å²) in [6.45, 7) is 0.466. The van der Waals surface area contributed by atoms with Crippen LogP contribution in [0.5, 0.6) is 5.75 Å². The smallest absolute Gasteiger partial charge is 0.313 e. The molecule has 0 radical (unpaired) electrons. The lowest BCUT2D eigenvalue weighted by molar-refractivity contribution is -0.151. The number of methoxy groups -OCH3 is 2. The van der Waals surface area contributed by atoms with Crippen molar-refractivity contribution in [2.75, 3.05) is 33.9 Å². The standard InChI is InChI=1S/C18H21N3O5/c1-25-12-18(17(23)24)8-9-20(11-18)16(22)15-14(26-2)10-21(19-15)13-6-4-3-5-7-13/h3-7,10H,8-9,11-12H2,1-2H3,(H,23,24). The van der Waals surface area contributed by atoms with Gasteiger partial charge in [-0.25, -0.2) is 4.68 Å². The molecule has 0 aliphatic carbocycles. The van der Waals surface area contributed by atoms with Crippen molar-refractivity contribution < 1.29 is 24.2 Å². The molecular formula is C18H21N3O5. The molecule has 1 saturated heterocycles. The van der Waals surface area contributed by atoms with E-state index >= 15 is 0 Å². The number of benzene rings is 1. The first kappa shape index (κ1) is 17.9. The number of nitrogens with zero attached hydrogens (tertiary/aromatic N) is 3. The van der Waals surface area contributed by atoms with E-state index in [0.717, 1.165) is 5.69 Å². The van der Waals surface area contributed by atoms with Gasteiger partial charge < -0.3 is 19.5 Å². The Kier molecular flexibility index (Phi) is 4.94. The van der Waals surface area contributed by atoms with Crippen LogP contribution in [0.1, 0.15) is 16.9 Å². The van der Waals surface area contributed by atoms with Gasteiger partial charge in [0, 0.05) is 20.2 Å². The minimum Gasteiger partial charge on any atom is -0.493 e. The van der Waals surface area contributed by atoms with Gasteiger partial charge in [0.1, 0.15) is 5.41 Å². The first-order chi connectivity index (χ1) is 12.5. The van der Waals surface area contributed by atoms with Gasteiger partial charge >= 0.3 is 5.97 Å². The second kappa shape index (κ2) is 7.17. The molecule has 8 nitrogen and oxygen atoms in total. The van der Waals surface area contributed by atoms with E-state index in [9.17, 15) is 14.7 Å². The summed E-state index contributed by atoms with van der Waals surface area (Å²) < 4.78 is 11.9. The lowest BCUT2D eigenvalue weighted by Crippen LogP contribution is -2.40. The first-order valence-electron chi connectivity index (χ1n) is 8.21. The van der Waals surface area contributed by atoms with E-state index in [4.69, 9.17) is 9.47 Å². The molecule has 1 aromatic heterocycles. The summed E-state index contributed by atoms with van der Waals surface area (Å²) in [5.74, 6) is -0.967. The van der Waals surface area contributed by atoms with Crippen LogP contribution in [0, 0.1) is 5.41 Å². The Balaban J connectivity index is 1.86. The lowest BCUT2D eigenvalue weighted by atomic mass is 9.88. The molecule has 1 aliphatic heterocycles. The quantitative estimate of drug-likeness (QED) is 0.839. The summed E-state index contributed by atoms with van der Waals surface area (Å²) in [5, 5.41) is 13.9. The van der Waals surface area contributed by atoms with E-state index in [1.807, 2.05) is 30.3 Å². The number of rotatable bonds is 6. The fourth-order valence-corrected chi connectivity index (χ4v) is 3.19. The predicted octanol–water partition coefficient (Wildman–Crippen LogP) is 1.44. The number of hydrogen-bond acceptors (Lipinski definition) is 5. The van der Waals surface area contributed by atoms with Crippen LogP contribution in [-0.4, -0.2) is 65.6 Å². The van der Waals surface area contributed by atoms with Gasteiger partial charge in [0.05, 0.1) is 25.6 Å². The average Bonchev–Trinajstić information content (AvgIpc) is 3.27. The van der Waals surface area contributed by atoms with Crippen LogP contribution < -0.4 is 4.74 Å². The molecular weight excluding hydrogens is 338 g/mol. The molecule has 1 atom stereocenters. The summed E-state index contributed by atoms with van der Waals surface area (Å²) in [5.41, 5.74) is -0.125. The SMILES string of the molecule is COCC1(C(=O)O)CCN(C(=O)c2nn(-c3ccccc3)cc2OC)C1. The zero-order valence-corrected chi connectivity index (χ0v) is 14.7. The Bertz CT molecular complexity index is 804. The molecule has 8 heteroatoms. The molecule has 2 aromatic rings. The largest absolute Gasteiger partial charge is 0.493 e. The number of aliphatic carboxylic acids is 1. The maximum absolute atomic E-state index is 12.9. The van der Waals surface area contributed by atoms with E-state index in [0.29, 0.717) is 18.7 Å². The fourth-order valence-electron chi connectivity index (χ4n) is 3.19. The summed E-state index contributed by atoms with van der Waals surface area (Å²) in [6, 6.07) is 9.37. The third kappa shape index (κ3) is 3.15. The maximum Gasteiger partial charge on any atom is 0.313 e. The van der Waals surface area contributed by atoms with Gasteiger partial charge in [0.15, 0.2) is 11.4 Å². The number of ether oxygens (including phenoxy) is 2. The van der Waals surface area contributed by atoms with Gasteiger partial charge in [-0.3, -0.25) is 9.59 Å². The zero-order chi connectivity index (χ0) is 18.7. The summed E-state index contributed by atoms with van der Waals surface area (Å²) in [4.78, 5) is 26.1. The van der Waals surface area contributed by atoms with E-state index in [-0.39, 0.29) is 24.8 Å². The van der Waals surface area contributed by atoms with Crippen molar-refractivity contribution in [1.29, 1.82) is 0 Å². The molecule has 26 heavy (non-hydrogen) atoms. The molecule has 1 amide bonds. The van der Waals surface area contributed by atoms with Crippen molar-refractivity contribution >= 4 is 11.9 Å². The number of carboxylic acid groups (broad SMARTS) is 1. The van der Waals surface area contributed by atoms with Crippen molar-refractivity contribution in [3.63, 3.8) is 0 Å². The van der Waals surface area contributed by atoms with Crippen molar-refractivity contribution in [2.24, 2.45) is 5.41 Å². The molecule has 1 N–H and O–H groups in total. The Morgan fingerprint density at radius 1 is 1.27 bits per heavy atom. The highest BCUT2D eigenvalue weighted by atomic mass is 16.5. The van der Waals surface area contributed by atoms with Gasteiger partial charge in [-0.2, -0.15) is 5.10 Å². The number of hydrogen-bond donors (Lipinski definition) is 1. The molecule has 1 unspecified atom stereocenters. The minimum atomic E-state index is -1.08. The highest BCUT2D eigenvalue weighted by Gasteiger charge is 2.47. The first-order valence-corrected chi connectivity index (χ1v) is 8.21. The second-order valence-electron chi connectivity index (χ2n) is 6.32. The molecule has 1 aliphatic rings. The normalized spacial score (nSPS) is 19.5. The van der Waals surface area contributed by atoms with Crippen LogP contribution in [0.3, 0.4) is 0 Å². The number of carbonyl (C=O) groups excluding carboxylic acids is 1. The lowest BCUT2D eigenvalue weighted by Gasteiger charge is -2.23. The monoisotopic (exact) mass is 359 g/mol. The number of likely N-dealkylation sites (tertiary alicyclic amines) is 1. The van der Waals surface area contributed by atoms with Gasteiger partial charge in [-0.15, -0.1) is 0 Å². The number of carbonyl (C=O) groups is 2. The molecule has 0 bridgehead atoms. The summed E-state index contributed by atoms with van der Waals surface area (Å²) in [6.07, 6.45) is 1.97. The van der Waals surface area contributed by atoms with E-state index in [1.165, 1.54) is 19.1 Å². The summed E-state index contributed by atoms with van der Waals surface area (Å²) >= 11 is 0. The number of para-hydroxylation sites is 1. The van der Waals surface area contributed by atoms with Crippen LogP contribution in [0.15, 0.2) is 36.5 Å². The second-order valence-corrected chi connectivity index (χ2v) is 6.32. The van der Waals surface area contributed by atoms with Crippen molar-refractivity contribution in [3.8, 4) is 11.4 Å². The van der Waals surface area contributed by atoms with Crippen LogP contribution in [-0.2, 0) is 9.53 Å². The molecule has 0 spiro atoms. The van der Waals surface area contributed by atoms with Gasteiger partial charge in [-0.05, 0) is 18.6 Å². The van der Waals surface area contributed by atoms with E-state index in [2.05, 4.69) is 5.10 Å². The summed E-state index contributed by atoms with van der Waals surface area (Å²) in [7, 11) is 2.93. The molecule has 3 rings (SSSR count). The van der Waals surface area contributed by atoms with E-state index in [1.54, 1.807) is 10.9 Å². The fraction of sp³-hybridized carbons (Fsp3) is 0.389. The predicted molar refractivity (Wildman–Crippen MR) is 92.6 cm³/mol. The number of amides is 1. The third-order valence-corrected chi connectivity index (χ3v) is 4.64. The molecule has 2 heterocycles. The van der Waals surface area contributed by atoms with E-state index < -0.39 is 11.4 Å². The minimum absolute atomic E-state index is 0.0572. The Labute approximate surface area is 150 Å². The molecule has 138 valence electrons. The Hall–Kier alpha value is -2.87. The van der Waals surface area contributed by atoms with Crippen LogP contribution in [0.4, 0.5) is 0 Å². The van der Waals surface area contributed by atoms with Crippen molar-refractivity contribution in [2.45, 2.75) is 6.42 Å². The van der Waals surface area contributed by atoms with Gasteiger partial charge in [-0.1, -0.05) is 18.2 Å². The van der Waals surface area contributed by atoms with Crippen LogP contribution >= 0.6 is 0 Å². The zero-order valence-electron chi connectivity index (χ0n) is 14.7. The van der Waals surface area contributed by atoms with Crippen LogP contribution in [0.2, 0.25) is 0 Å². The topological polar surface area (TPSA) is 93.9 Å². The molecule has 1 fully saturated rings. The highest BCUT2D eigenvalue weighted by Crippen LogP contribution is 2.33. The molecule has 0 saturated carbocycles. The number of aromatic nitrogens is 2. The Morgan fingerprint density at radius 2 is 2.00 bits per heavy atom. The maximum atomic E-state index is 12.9. The third-order valence-electron chi connectivity index (χ3n) is 4.64. The van der Waals surface area contributed by atoms with Crippen molar-refractivity contribution in [1.82, 2.24) is 14.7 Å². The van der Waals surface area contributed by atoms with Gasteiger partial charge in [0.25, 0.3) is 5.91 Å². The average molecular weight is 359 g/mol. The Morgan fingerprint density at radius 3 is 2.62 bits per heavy atom. The highest BCUT2D eigenvalue weighted by molar-refractivity contribution is 5.95. The van der Waals surface area contributed by atoms with Crippen molar-refractivity contribution in [3.05, 3.63) is 42.2 Å². The van der Waals surface area contributed by atoms with Gasteiger partial charge in [0.2, 0.25) is 0 Å².